The molecule has 0 radical (unpaired) electrons. The van der Waals surface area contributed by atoms with Crippen LogP contribution in [-0.2, 0) is 17.8 Å². The number of hydrogen-bond donors (Lipinski definition) is 3. The molecule has 0 aliphatic heterocycles. The molecule has 4 aromatic rings. The third-order valence-corrected chi connectivity index (χ3v) is 4.87. The molecule has 1 aromatic heterocycles. The number of H-pyrrole nitrogens is 1. The Morgan fingerprint density at radius 1 is 0.897 bits per heavy atom. The van der Waals surface area contributed by atoms with Gasteiger partial charge in [-0.2, -0.15) is 0 Å². The van der Waals surface area contributed by atoms with Gasteiger partial charge in [0, 0.05) is 40.6 Å². The number of anilines is 2. The van der Waals surface area contributed by atoms with E-state index in [9.17, 15) is 4.79 Å². The third-order valence-electron chi connectivity index (χ3n) is 4.87. The Morgan fingerprint density at radius 3 is 2.45 bits per heavy atom. The Kier molecular flexibility index (Phi) is 5.47. The van der Waals surface area contributed by atoms with Crippen LogP contribution in [0.3, 0.4) is 0 Å². The van der Waals surface area contributed by atoms with Crippen LogP contribution >= 0.6 is 0 Å². The molecule has 0 unspecified atom stereocenters. The Bertz CT molecular complexity index is 1120. The molecule has 0 spiro atoms. The summed E-state index contributed by atoms with van der Waals surface area (Å²) in [6.07, 6.45) is 2.23. The first-order chi connectivity index (χ1) is 14.2. The molecule has 0 fully saturated rings. The number of aromatic nitrogens is 1. The molecule has 0 saturated heterocycles. The molecule has 0 atom stereocenters. The van der Waals surface area contributed by atoms with Gasteiger partial charge in [-0.25, -0.2) is 0 Å². The van der Waals surface area contributed by atoms with E-state index in [0.717, 1.165) is 39.2 Å². The average molecular weight is 385 g/mol. The smallest absolute Gasteiger partial charge is 0.228 e. The highest BCUT2D eigenvalue weighted by molar-refractivity contribution is 5.95. The number of carbonyl (C=O) groups excluding carboxylic acids is 1. The fourth-order valence-corrected chi connectivity index (χ4v) is 3.37. The summed E-state index contributed by atoms with van der Waals surface area (Å²) in [6.45, 7) is 0.663. The van der Waals surface area contributed by atoms with Crippen LogP contribution in [0, 0.1) is 0 Å². The number of amides is 1. The van der Waals surface area contributed by atoms with E-state index < -0.39 is 0 Å². The van der Waals surface area contributed by atoms with Gasteiger partial charge in [-0.05, 0) is 42.0 Å². The van der Waals surface area contributed by atoms with E-state index in [1.807, 2.05) is 79.0 Å². The average Bonchev–Trinajstić information content (AvgIpc) is 3.16. The lowest BCUT2D eigenvalue weighted by Gasteiger charge is -2.11. The number of ether oxygens (including phenoxy) is 1. The number of carbonyl (C=O) groups is 1. The maximum Gasteiger partial charge on any atom is 0.228 e. The molecule has 29 heavy (non-hydrogen) atoms. The van der Waals surface area contributed by atoms with Crippen LogP contribution in [0.15, 0.2) is 79.0 Å². The van der Waals surface area contributed by atoms with Crippen molar-refractivity contribution >= 4 is 28.2 Å². The SMILES string of the molecule is COc1ccccc1CNc1ccc(NC(=O)Cc2c[nH]c3ccccc23)cc1. The number of methoxy groups -OCH3 is 1. The minimum atomic E-state index is -0.0375. The van der Waals surface area contributed by atoms with Gasteiger partial charge in [-0.3, -0.25) is 4.79 Å². The van der Waals surface area contributed by atoms with Gasteiger partial charge in [0.05, 0.1) is 13.5 Å². The molecule has 3 aromatic carbocycles. The number of fused-ring (bicyclic) bond motifs is 1. The highest BCUT2D eigenvalue weighted by atomic mass is 16.5. The van der Waals surface area contributed by atoms with Gasteiger partial charge in [0.25, 0.3) is 0 Å². The van der Waals surface area contributed by atoms with Crippen molar-refractivity contribution in [2.45, 2.75) is 13.0 Å². The fourth-order valence-electron chi connectivity index (χ4n) is 3.37. The zero-order chi connectivity index (χ0) is 20.1. The number of aromatic amines is 1. The van der Waals surface area contributed by atoms with Crippen LogP contribution in [0.2, 0.25) is 0 Å². The molecule has 0 bridgehead atoms. The quantitative estimate of drug-likeness (QED) is 0.421. The van der Waals surface area contributed by atoms with Crippen LogP contribution in [0.25, 0.3) is 10.9 Å². The largest absolute Gasteiger partial charge is 0.496 e. The lowest BCUT2D eigenvalue weighted by molar-refractivity contribution is -0.115. The van der Waals surface area contributed by atoms with E-state index in [2.05, 4.69) is 15.6 Å². The molecule has 146 valence electrons. The first-order valence-electron chi connectivity index (χ1n) is 9.53. The molecule has 5 nitrogen and oxygen atoms in total. The summed E-state index contributed by atoms with van der Waals surface area (Å²) in [4.78, 5) is 15.6. The summed E-state index contributed by atoms with van der Waals surface area (Å²) in [5.74, 6) is 0.825. The zero-order valence-corrected chi connectivity index (χ0v) is 16.2. The van der Waals surface area contributed by atoms with Gasteiger partial charge in [-0.1, -0.05) is 36.4 Å². The number of benzene rings is 3. The van der Waals surface area contributed by atoms with Crippen LogP contribution in [-0.4, -0.2) is 18.0 Å². The van der Waals surface area contributed by atoms with Crippen LogP contribution in [0.4, 0.5) is 11.4 Å². The van der Waals surface area contributed by atoms with E-state index in [0.29, 0.717) is 13.0 Å². The van der Waals surface area contributed by atoms with Gasteiger partial charge in [0.15, 0.2) is 0 Å². The zero-order valence-electron chi connectivity index (χ0n) is 16.2. The van der Waals surface area contributed by atoms with Gasteiger partial charge in [-0.15, -0.1) is 0 Å². The molecule has 0 aliphatic rings. The van der Waals surface area contributed by atoms with Gasteiger partial charge in [0.1, 0.15) is 5.75 Å². The Morgan fingerprint density at radius 2 is 1.62 bits per heavy atom. The van der Waals surface area contributed by atoms with Crippen molar-refractivity contribution in [3.8, 4) is 5.75 Å². The molecule has 1 heterocycles. The summed E-state index contributed by atoms with van der Waals surface area (Å²) in [5.41, 5.74) is 4.88. The fraction of sp³-hybridized carbons (Fsp3) is 0.125. The first kappa shape index (κ1) is 18.6. The van der Waals surface area contributed by atoms with Crippen molar-refractivity contribution in [2.24, 2.45) is 0 Å². The summed E-state index contributed by atoms with van der Waals surface area (Å²) >= 11 is 0. The van der Waals surface area contributed by atoms with Gasteiger partial charge >= 0.3 is 0 Å². The van der Waals surface area contributed by atoms with E-state index in [-0.39, 0.29) is 5.91 Å². The Hall–Kier alpha value is -3.73. The number of hydrogen-bond acceptors (Lipinski definition) is 3. The standard InChI is InChI=1S/C24H23N3O2/c1-29-23-9-5-2-6-17(23)15-25-19-10-12-20(13-11-19)27-24(28)14-18-16-26-22-8-4-3-7-21(18)22/h2-13,16,25-26H,14-15H2,1H3,(H,27,28). The molecule has 5 heteroatoms. The molecule has 0 aliphatic carbocycles. The minimum Gasteiger partial charge on any atom is -0.496 e. The maximum atomic E-state index is 12.4. The van der Waals surface area contributed by atoms with Crippen molar-refractivity contribution in [2.75, 3.05) is 17.7 Å². The molecular formula is C24H23N3O2. The van der Waals surface area contributed by atoms with Crippen molar-refractivity contribution in [3.05, 3.63) is 90.1 Å². The summed E-state index contributed by atoms with van der Waals surface area (Å²) in [5, 5.41) is 7.42. The minimum absolute atomic E-state index is 0.0375. The van der Waals surface area contributed by atoms with Crippen molar-refractivity contribution in [1.29, 1.82) is 0 Å². The van der Waals surface area contributed by atoms with Crippen molar-refractivity contribution in [3.63, 3.8) is 0 Å². The van der Waals surface area contributed by atoms with E-state index >= 15 is 0 Å². The van der Waals surface area contributed by atoms with E-state index in [1.165, 1.54) is 0 Å². The van der Waals surface area contributed by atoms with Gasteiger partial charge < -0.3 is 20.4 Å². The first-order valence-corrected chi connectivity index (χ1v) is 9.53. The normalized spacial score (nSPS) is 10.7. The predicted molar refractivity (Wildman–Crippen MR) is 117 cm³/mol. The summed E-state index contributed by atoms with van der Waals surface area (Å²) in [7, 11) is 1.67. The van der Waals surface area contributed by atoms with Crippen molar-refractivity contribution < 1.29 is 9.53 Å². The van der Waals surface area contributed by atoms with E-state index in [4.69, 9.17) is 4.74 Å². The third kappa shape index (κ3) is 4.41. The second kappa shape index (κ2) is 8.52. The number of nitrogens with one attached hydrogen (secondary N) is 3. The second-order valence-corrected chi connectivity index (χ2v) is 6.83. The highest BCUT2D eigenvalue weighted by Gasteiger charge is 2.09. The molecule has 1 amide bonds. The second-order valence-electron chi connectivity index (χ2n) is 6.83. The monoisotopic (exact) mass is 385 g/mol. The Balaban J connectivity index is 1.35. The molecule has 3 N–H and O–H groups in total. The number of para-hydroxylation sites is 2. The number of rotatable bonds is 7. The van der Waals surface area contributed by atoms with Gasteiger partial charge in [0.2, 0.25) is 5.91 Å². The maximum absolute atomic E-state index is 12.4. The Labute approximate surface area is 169 Å². The predicted octanol–water partition coefficient (Wildman–Crippen LogP) is 4.97. The summed E-state index contributed by atoms with van der Waals surface area (Å²) in [6, 6.07) is 23.6. The molecule has 0 saturated carbocycles. The van der Waals surface area contributed by atoms with E-state index in [1.54, 1.807) is 7.11 Å². The van der Waals surface area contributed by atoms with Crippen molar-refractivity contribution in [1.82, 2.24) is 4.98 Å². The topological polar surface area (TPSA) is 66.2 Å². The van der Waals surface area contributed by atoms with Crippen LogP contribution in [0.1, 0.15) is 11.1 Å². The summed E-state index contributed by atoms with van der Waals surface area (Å²) < 4.78 is 5.38. The van der Waals surface area contributed by atoms with Crippen LogP contribution < -0.4 is 15.4 Å². The van der Waals surface area contributed by atoms with Crippen LogP contribution in [0.5, 0.6) is 5.75 Å². The lowest BCUT2D eigenvalue weighted by atomic mass is 10.1. The molecular weight excluding hydrogens is 362 g/mol. The lowest BCUT2D eigenvalue weighted by Crippen LogP contribution is -2.14. The molecule has 4 rings (SSSR count). The highest BCUT2D eigenvalue weighted by Crippen LogP contribution is 2.21.